The molecule has 0 atom stereocenters. The molecule has 1 rings (SSSR count). The highest BCUT2D eigenvalue weighted by molar-refractivity contribution is 5.85. The number of amides is 1. The molecular weight excluding hydrogens is 252 g/mol. The Morgan fingerprint density at radius 3 is 2.72 bits per heavy atom. The summed E-state index contributed by atoms with van der Waals surface area (Å²) in [6.07, 6.45) is 0. The van der Waals surface area contributed by atoms with Gasteiger partial charge in [0.2, 0.25) is 5.91 Å². The van der Waals surface area contributed by atoms with Gasteiger partial charge < -0.3 is 15.4 Å². The van der Waals surface area contributed by atoms with Crippen molar-refractivity contribution in [2.75, 3.05) is 26.8 Å². The monoisotopic (exact) mass is 272 g/mol. The maximum atomic E-state index is 11.5. The van der Waals surface area contributed by atoms with E-state index in [4.69, 9.17) is 4.74 Å². The van der Waals surface area contributed by atoms with Crippen LogP contribution in [0.4, 0.5) is 0 Å². The summed E-state index contributed by atoms with van der Waals surface area (Å²) in [6, 6.07) is 8.03. The van der Waals surface area contributed by atoms with Crippen molar-refractivity contribution in [3.05, 3.63) is 35.4 Å². The number of benzene rings is 1. The first kappa shape index (κ1) is 16.9. The zero-order chi connectivity index (χ0) is 12.5. The average molecular weight is 273 g/mol. The minimum absolute atomic E-state index is 0. The molecule has 1 aromatic rings. The van der Waals surface area contributed by atoms with Crippen molar-refractivity contribution in [2.45, 2.75) is 13.5 Å². The maximum Gasteiger partial charge on any atom is 0.234 e. The van der Waals surface area contributed by atoms with Crippen LogP contribution in [0, 0.1) is 6.92 Å². The van der Waals surface area contributed by atoms with Crippen molar-refractivity contribution in [3.63, 3.8) is 0 Å². The van der Waals surface area contributed by atoms with Crippen LogP contribution in [-0.4, -0.2) is 32.7 Å². The summed E-state index contributed by atoms with van der Waals surface area (Å²) in [7, 11) is 1.64. The number of aryl methyl sites for hydroxylation is 1. The molecule has 0 radical (unpaired) electrons. The van der Waals surface area contributed by atoms with Crippen LogP contribution in [-0.2, 0) is 16.1 Å². The van der Waals surface area contributed by atoms with Gasteiger partial charge >= 0.3 is 0 Å². The van der Waals surface area contributed by atoms with Crippen molar-refractivity contribution in [3.8, 4) is 0 Å². The zero-order valence-corrected chi connectivity index (χ0v) is 11.7. The van der Waals surface area contributed by atoms with Crippen LogP contribution in [0.15, 0.2) is 24.3 Å². The van der Waals surface area contributed by atoms with Gasteiger partial charge in [0.25, 0.3) is 0 Å². The quantitative estimate of drug-likeness (QED) is 0.735. The van der Waals surface area contributed by atoms with E-state index in [9.17, 15) is 4.79 Å². The SMILES string of the molecule is COCCNCC(=O)NCc1ccccc1C.Cl. The van der Waals surface area contributed by atoms with Crippen LogP contribution >= 0.6 is 12.4 Å². The second kappa shape index (κ2) is 9.88. The number of rotatable bonds is 7. The fourth-order valence-electron chi connectivity index (χ4n) is 1.44. The van der Waals surface area contributed by atoms with Gasteiger partial charge in [0, 0.05) is 20.2 Å². The van der Waals surface area contributed by atoms with E-state index in [1.807, 2.05) is 31.2 Å². The van der Waals surface area contributed by atoms with Gasteiger partial charge in [0.1, 0.15) is 0 Å². The summed E-state index contributed by atoms with van der Waals surface area (Å²) in [5.74, 6) is 0.00403. The predicted molar refractivity (Wildman–Crippen MR) is 75.0 cm³/mol. The molecule has 102 valence electrons. The van der Waals surface area contributed by atoms with Crippen molar-refractivity contribution >= 4 is 18.3 Å². The van der Waals surface area contributed by atoms with E-state index in [2.05, 4.69) is 10.6 Å². The fraction of sp³-hybridized carbons (Fsp3) is 0.462. The van der Waals surface area contributed by atoms with E-state index in [1.54, 1.807) is 7.11 Å². The molecule has 0 fully saturated rings. The van der Waals surface area contributed by atoms with Gasteiger partial charge in [-0.05, 0) is 18.1 Å². The highest BCUT2D eigenvalue weighted by Gasteiger charge is 2.01. The number of methoxy groups -OCH3 is 1. The van der Waals surface area contributed by atoms with E-state index in [1.165, 1.54) is 5.56 Å². The first-order valence-electron chi connectivity index (χ1n) is 5.75. The van der Waals surface area contributed by atoms with Crippen LogP contribution in [0.1, 0.15) is 11.1 Å². The number of carbonyl (C=O) groups is 1. The minimum atomic E-state index is 0. The van der Waals surface area contributed by atoms with Gasteiger partial charge in [-0.1, -0.05) is 24.3 Å². The molecule has 0 aliphatic rings. The Hall–Kier alpha value is -1.10. The highest BCUT2D eigenvalue weighted by Crippen LogP contribution is 2.05. The number of ether oxygens (including phenoxy) is 1. The summed E-state index contributed by atoms with van der Waals surface area (Å²) in [4.78, 5) is 11.5. The fourth-order valence-corrected chi connectivity index (χ4v) is 1.44. The lowest BCUT2D eigenvalue weighted by Gasteiger charge is -2.08. The van der Waals surface area contributed by atoms with Gasteiger partial charge in [-0.3, -0.25) is 4.79 Å². The van der Waals surface area contributed by atoms with Crippen molar-refractivity contribution in [2.24, 2.45) is 0 Å². The number of halogens is 1. The summed E-state index contributed by atoms with van der Waals surface area (Å²) >= 11 is 0. The predicted octanol–water partition coefficient (Wildman–Crippen LogP) is 1.27. The van der Waals surface area contributed by atoms with E-state index < -0.39 is 0 Å². The molecule has 0 aliphatic heterocycles. The van der Waals surface area contributed by atoms with Gasteiger partial charge in [-0.15, -0.1) is 12.4 Å². The average Bonchev–Trinajstić information content (AvgIpc) is 2.34. The van der Waals surface area contributed by atoms with E-state index >= 15 is 0 Å². The lowest BCUT2D eigenvalue weighted by Crippen LogP contribution is -2.34. The van der Waals surface area contributed by atoms with Crippen molar-refractivity contribution < 1.29 is 9.53 Å². The molecule has 1 amide bonds. The first-order chi connectivity index (χ1) is 8.24. The Morgan fingerprint density at radius 1 is 1.33 bits per heavy atom. The molecule has 0 saturated heterocycles. The van der Waals surface area contributed by atoms with Crippen LogP contribution in [0.5, 0.6) is 0 Å². The lowest BCUT2D eigenvalue weighted by atomic mass is 10.1. The molecule has 0 heterocycles. The second-order valence-corrected chi connectivity index (χ2v) is 3.87. The van der Waals surface area contributed by atoms with E-state index in [0.29, 0.717) is 26.2 Å². The Bertz CT molecular complexity index is 359. The number of nitrogens with one attached hydrogen (secondary N) is 2. The topological polar surface area (TPSA) is 50.4 Å². The first-order valence-corrected chi connectivity index (χ1v) is 5.75. The van der Waals surface area contributed by atoms with Crippen LogP contribution in [0.25, 0.3) is 0 Å². The Kier molecular flexibility index (Phi) is 9.28. The molecule has 0 spiro atoms. The summed E-state index contributed by atoms with van der Waals surface area (Å²) in [5, 5.41) is 5.87. The second-order valence-electron chi connectivity index (χ2n) is 3.87. The lowest BCUT2D eigenvalue weighted by molar-refractivity contribution is -0.120. The summed E-state index contributed by atoms with van der Waals surface area (Å²) in [6.45, 7) is 4.25. The van der Waals surface area contributed by atoms with Crippen LogP contribution in [0.2, 0.25) is 0 Å². The largest absolute Gasteiger partial charge is 0.383 e. The molecule has 0 aliphatic carbocycles. The number of carbonyl (C=O) groups excluding carboxylic acids is 1. The molecule has 1 aromatic carbocycles. The number of hydrogen-bond acceptors (Lipinski definition) is 3. The van der Waals surface area contributed by atoms with E-state index in [0.717, 1.165) is 5.56 Å². The molecule has 18 heavy (non-hydrogen) atoms. The normalized spacial score (nSPS) is 9.67. The number of hydrogen-bond donors (Lipinski definition) is 2. The Balaban J connectivity index is 0.00000289. The third-order valence-electron chi connectivity index (χ3n) is 2.51. The zero-order valence-electron chi connectivity index (χ0n) is 10.9. The Labute approximate surface area is 115 Å². The summed E-state index contributed by atoms with van der Waals surface area (Å²) in [5.41, 5.74) is 2.35. The smallest absolute Gasteiger partial charge is 0.234 e. The third-order valence-corrected chi connectivity index (χ3v) is 2.51. The maximum absolute atomic E-state index is 11.5. The highest BCUT2D eigenvalue weighted by atomic mass is 35.5. The molecule has 0 saturated carbocycles. The molecule has 5 heteroatoms. The molecule has 0 unspecified atom stereocenters. The van der Waals surface area contributed by atoms with Crippen LogP contribution in [0.3, 0.4) is 0 Å². The van der Waals surface area contributed by atoms with Gasteiger partial charge in [0.05, 0.1) is 13.2 Å². The standard InChI is InChI=1S/C13H20N2O2.ClH/c1-11-5-3-4-6-12(11)9-15-13(16)10-14-7-8-17-2;/h3-6,14H,7-10H2,1-2H3,(H,15,16);1H. The molecule has 2 N–H and O–H groups in total. The third kappa shape index (κ3) is 6.59. The molecular formula is C13H21ClN2O2. The van der Waals surface area contributed by atoms with E-state index in [-0.39, 0.29) is 18.3 Å². The van der Waals surface area contributed by atoms with Crippen molar-refractivity contribution in [1.82, 2.24) is 10.6 Å². The van der Waals surface area contributed by atoms with Gasteiger partial charge in [-0.25, -0.2) is 0 Å². The molecule has 0 bridgehead atoms. The Morgan fingerprint density at radius 2 is 2.06 bits per heavy atom. The van der Waals surface area contributed by atoms with Crippen LogP contribution < -0.4 is 10.6 Å². The molecule has 0 aromatic heterocycles. The van der Waals surface area contributed by atoms with Crippen molar-refractivity contribution in [1.29, 1.82) is 0 Å². The molecule has 4 nitrogen and oxygen atoms in total. The van der Waals surface area contributed by atoms with Gasteiger partial charge in [0.15, 0.2) is 0 Å². The van der Waals surface area contributed by atoms with Gasteiger partial charge in [-0.2, -0.15) is 0 Å². The summed E-state index contributed by atoms with van der Waals surface area (Å²) < 4.78 is 4.87. The minimum Gasteiger partial charge on any atom is -0.383 e.